The second-order valence-corrected chi connectivity index (χ2v) is 8.56. The molecule has 0 spiro atoms. The van der Waals surface area contributed by atoms with Gasteiger partial charge in [-0.05, 0) is 64.2 Å². The lowest BCUT2D eigenvalue weighted by atomic mass is 10.1. The van der Waals surface area contributed by atoms with Gasteiger partial charge in [-0.15, -0.1) is 0 Å². The molecule has 1 aromatic carbocycles. The number of aliphatic imine (C=N–C) groups is 1. The van der Waals surface area contributed by atoms with E-state index in [-0.39, 0.29) is 6.10 Å². The van der Waals surface area contributed by atoms with Gasteiger partial charge in [0.1, 0.15) is 5.60 Å². The highest BCUT2D eigenvalue weighted by molar-refractivity contribution is 5.84. The summed E-state index contributed by atoms with van der Waals surface area (Å²) < 4.78 is 16.5. The van der Waals surface area contributed by atoms with Gasteiger partial charge in [0.15, 0.2) is 5.96 Å². The van der Waals surface area contributed by atoms with E-state index >= 15 is 0 Å². The maximum absolute atomic E-state index is 11.8. The fraction of sp³-hybridized carbons (Fsp3) is 0.652. The maximum Gasteiger partial charge on any atom is 0.412 e. The zero-order chi connectivity index (χ0) is 22.5. The average Bonchev–Trinajstić information content (AvgIpc) is 3.22. The first-order valence-corrected chi connectivity index (χ1v) is 11.1. The Balaban J connectivity index is 1.57. The van der Waals surface area contributed by atoms with Gasteiger partial charge in [-0.2, -0.15) is 0 Å². The van der Waals surface area contributed by atoms with Gasteiger partial charge in [0.05, 0.1) is 12.7 Å². The number of ether oxygens (including phenoxy) is 3. The molecular weight excluding hydrogens is 396 g/mol. The van der Waals surface area contributed by atoms with Crippen LogP contribution in [0.3, 0.4) is 0 Å². The minimum absolute atomic E-state index is 0.282. The van der Waals surface area contributed by atoms with Crippen LogP contribution in [-0.2, 0) is 20.6 Å². The first kappa shape index (κ1) is 24.9. The summed E-state index contributed by atoms with van der Waals surface area (Å²) in [4.78, 5) is 16.1. The Morgan fingerprint density at radius 3 is 2.58 bits per heavy atom. The van der Waals surface area contributed by atoms with Crippen molar-refractivity contribution in [2.24, 2.45) is 4.99 Å². The highest BCUT2D eigenvalue weighted by Gasteiger charge is 2.16. The second-order valence-electron chi connectivity index (χ2n) is 8.56. The monoisotopic (exact) mass is 434 g/mol. The van der Waals surface area contributed by atoms with Crippen LogP contribution < -0.4 is 16.0 Å². The predicted molar refractivity (Wildman–Crippen MR) is 124 cm³/mol. The Bertz CT molecular complexity index is 680. The Hall–Kier alpha value is -2.32. The van der Waals surface area contributed by atoms with Gasteiger partial charge < -0.3 is 24.8 Å². The first-order chi connectivity index (χ1) is 14.9. The minimum atomic E-state index is -0.514. The van der Waals surface area contributed by atoms with Crippen LogP contribution in [0.2, 0.25) is 0 Å². The summed E-state index contributed by atoms with van der Waals surface area (Å²) in [6.07, 6.45) is 3.85. The third-order valence-corrected chi connectivity index (χ3v) is 4.61. The number of rotatable bonds is 10. The second kappa shape index (κ2) is 13.2. The number of carbonyl (C=O) groups is 1. The molecule has 0 bridgehead atoms. The molecule has 0 aromatic heterocycles. The van der Waals surface area contributed by atoms with E-state index in [1.165, 1.54) is 5.56 Å². The van der Waals surface area contributed by atoms with Crippen molar-refractivity contribution in [3.8, 4) is 0 Å². The number of carbonyl (C=O) groups excluding carboxylic acids is 1. The lowest BCUT2D eigenvalue weighted by molar-refractivity contribution is 0.0168. The van der Waals surface area contributed by atoms with Crippen molar-refractivity contribution >= 4 is 17.7 Å². The molecule has 1 aromatic rings. The van der Waals surface area contributed by atoms with Gasteiger partial charge in [0.2, 0.25) is 0 Å². The predicted octanol–water partition coefficient (Wildman–Crippen LogP) is 3.33. The molecule has 8 heteroatoms. The minimum Gasteiger partial charge on any atom is -0.444 e. The van der Waals surface area contributed by atoms with E-state index < -0.39 is 11.7 Å². The van der Waals surface area contributed by atoms with Crippen LogP contribution in [-0.4, -0.2) is 63.7 Å². The van der Waals surface area contributed by atoms with Crippen LogP contribution in [0.4, 0.5) is 10.5 Å². The van der Waals surface area contributed by atoms with Crippen molar-refractivity contribution in [3.63, 3.8) is 0 Å². The van der Waals surface area contributed by atoms with E-state index in [4.69, 9.17) is 14.2 Å². The standard InChI is InChI=1S/C23H38N4O4/c1-23(2,3)31-22(28)27-19-10-8-18(9-11-19)12-14-26-21(24-4)25-13-6-15-29-17-20-7-5-16-30-20/h8-11,20H,5-7,12-17H2,1-4H3,(H,27,28)(H2,24,25,26). The van der Waals surface area contributed by atoms with Crippen LogP contribution >= 0.6 is 0 Å². The largest absolute Gasteiger partial charge is 0.444 e. The average molecular weight is 435 g/mol. The Morgan fingerprint density at radius 2 is 1.94 bits per heavy atom. The lowest BCUT2D eigenvalue weighted by Crippen LogP contribution is -2.39. The van der Waals surface area contributed by atoms with E-state index in [0.717, 1.165) is 51.3 Å². The van der Waals surface area contributed by atoms with Crippen molar-refractivity contribution < 1.29 is 19.0 Å². The molecule has 1 amide bonds. The highest BCUT2D eigenvalue weighted by atomic mass is 16.6. The third kappa shape index (κ3) is 11.0. The Morgan fingerprint density at radius 1 is 1.19 bits per heavy atom. The van der Waals surface area contributed by atoms with Crippen molar-refractivity contribution in [1.82, 2.24) is 10.6 Å². The van der Waals surface area contributed by atoms with Gasteiger partial charge in [-0.1, -0.05) is 12.1 Å². The molecule has 1 unspecified atom stereocenters. The van der Waals surface area contributed by atoms with Crippen molar-refractivity contribution in [2.75, 3.05) is 45.3 Å². The molecule has 1 atom stereocenters. The van der Waals surface area contributed by atoms with Crippen LogP contribution in [0.1, 0.15) is 45.6 Å². The zero-order valence-electron chi connectivity index (χ0n) is 19.3. The molecular formula is C23H38N4O4. The number of hydrogen-bond acceptors (Lipinski definition) is 5. The molecule has 2 rings (SSSR count). The Labute approximate surface area is 186 Å². The Kier molecular flexibility index (Phi) is 10.6. The van der Waals surface area contributed by atoms with Crippen LogP contribution in [0.25, 0.3) is 0 Å². The summed E-state index contributed by atoms with van der Waals surface area (Å²) in [7, 11) is 1.76. The topological polar surface area (TPSA) is 93.2 Å². The number of benzene rings is 1. The van der Waals surface area contributed by atoms with E-state index in [0.29, 0.717) is 18.9 Å². The molecule has 1 heterocycles. The molecule has 31 heavy (non-hydrogen) atoms. The highest BCUT2D eigenvalue weighted by Crippen LogP contribution is 2.13. The first-order valence-electron chi connectivity index (χ1n) is 11.1. The molecule has 0 radical (unpaired) electrons. The molecule has 1 aliphatic rings. The van der Waals surface area contributed by atoms with Gasteiger partial charge in [0, 0.05) is 39.0 Å². The van der Waals surface area contributed by atoms with Gasteiger partial charge in [-0.25, -0.2) is 4.79 Å². The van der Waals surface area contributed by atoms with Crippen molar-refractivity contribution in [1.29, 1.82) is 0 Å². The maximum atomic E-state index is 11.8. The van der Waals surface area contributed by atoms with Crippen LogP contribution in [0.15, 0.2) is 29.3 Å². The molecule has 0 aliphatic carbocycles. The van der Waals surface area contributed by atoms with E-state index in [9.17, 15) is 4.79 Å². The normalized spacial score (nSPS) is 16.8. The van der Waals surface area contributed by atoms with E-state index in [2.05, 4.69) is 20.9 Å². The number of amides is 1. The summed E-state index contributed by atoms with van der Waals surface area (Å²) in [6, 6.07) is 7.75. The molecule has 1 saturated heterocycles. The van der Waals surface area contributed by atoms with Crippen LogP contribution in [0.5, 0.6) is 0 Å². The lowest BCUT2D eigenvalue weighted by Gasteiger charge is -2.19. The molecule has 1 aliphatic heterocycles. The summed E-state index contributed by atoms with van der Waals surface area (Å²) >= 11 is 0. The number of nitrogens with one attached hydrogen (secondary N) is 3. The summed E-state index contributed by atoms with van der Waals surface area (Å²) in [5, 5.41) is 9.35. The number of nitrogens with zero attached hydrogens (tertiary/aromatic N) is 1. The molecule has 8 nitrogen and oxygen atoms in total. The summed E-state index contributed by atoms with van der Waals surface area (Å²) in [6.45, 7) is 9.35. The van der Waals surface area contributed by atoms with E-state index in [1.54, 1.807) is 7.05 Å². The smallest absolute Gasteiger partial charge is 0.412 e. The van der Waals surface area contributed by atoms with Gasteiger partial charge >= 0.3 is 6.09 Å². The summed E-state index contributed by atoms with van der Waals surface area (Å²) in [5.41, 5.74) is 1.37. The fourth-order valence-electron chi connectivity index (χ4n) is 3.09. The zero-order valence-corrected chi connectivity index (χ0v) is 19.3. The number of guanidine groups is 1. The van der Waals surface area contributed by atoms with Crippen molar-refractivity contribution in [2.45, 2.75) is 58.2 Å². The quantitative estimate of drug-likeness (QED) is 0.297. The van der Waals surface area contributed by atoms with Gasteiger partial charge in [0.25, 0.3) is 0 Å². The number of anilines is 1. The van der Waals surface area contributed by atoms with Crippen molar-refractivity contribution in [3.05, 3.63) is 29.8 Å². The molecule has 3 N–H and O–H groups in total. The summed E-state index contributed by atoms with van der Waals surface area (Å²) in [5.74, 6) is 0.780. The van der Waals surface area contributed by atoms with Gasteiger partial charge in [-0.3, -0.25) is 10.3 Å². The molecule has 1 fully saturated rings. The molecule has 0 saturated carbocycles. The third-order valence-electron chi connectivity index (χ3n) is 4.61. The molecule has 174 valence electrons. The van der Waals surface area contributed by atoms with Crippen LogP contribution in [0, 0.1) is 0 Å². The SMILES string of the molecule is CN=C(NCCCOCC1CCCO1)NCCc1ccc(NC(=O)OC(C)(C)C)cc1. The number of hydrogen-bond donors (Lipinski definition) is 3. The van der Waals surface area contributed by atoms with E-state index in [1.807, 2.05) is 45.0 Å². The fourth-order valence-corrected chi connectivity index (χ4v) is 3.09.